The Kier molecular flexibility index (Phi) is 4.24. The largest absolute Gasteiger partial charge is 0.299 e. The molecule has 3 aromatic rings. The summed E-state index contributed by atoms with van der Waals surface area (Å²) in [6, 6.07) is 22.4. The lowest BCUT2D eigenvalue weighted by Gasteiger charge is -2.39. The third kappa shape index (κ3) is 2.53. The Morgan fingerprint density at radius 2 is 1.70 bits per heavy atom. The van der Waals surface area contributed by atoms with Gasteiger partial charge in [-0.05, 0) is 24.1 Å². The molecule has 0 radical (unpaired) electrons. The van der Waals surface area contributed by atoms with Gasteiger partial charge in [0.25, 0.3) is 0 Å². The summed E-state index contributed by atoms with van der Waals surface area (Å²) < 4.78 is 0. The second-order valence-electron chi connectivity index (χ2n) is 9.09. The van der Waals surface area contributed by atoms with Crippen molar-refractivity contribution in [3.63, 3.8) is 0 Å². The van der Waals surface area contributed by atoms with Crippen LogP contribution in [0.1, 0.15) is 27.9 Å². The number of carbonyl (C=O) groups is 3. The predicted molar refractivity (Wildman–Crippen MR) is 125 cm³/mol. The van der Waals surface area contributed by atoms with Gasteiger partial charge in [-0.1, -0.05) is 66.7 Å². The molecule has 0 unspecified atom stereocenters. The zero-order chi connectivity index (χ0) is 22.7. The SMILES string of the molecule is CN1C(=O)[C@@]2(c3cccnc31)[C@H](C(=O)c1ccccc1)[C@@H]1C[C@H]2/C(=C\c2ccccc2)C1=O. The van der Waals surface area contributed by atoms with Crippen molar-refractivity contribution in [3.8, 4) is 0 Å². The van der Waals surface area contributed by atoms with E-state index in [9.17, 15) is 14.4 Å². The lowest BCUT2D eigenvalue weighted by molar-refractivity contribution is -0.127. The molecule has 162 valence electrons. The van der Waals surface area contributed by atoms with Gasteiger partial charge in [0.1, 0.15) is 5.82 Å². The number of anilines is 1. The lowest BCUT2D eigenvalue weighted by Crippen LogP contribution is -2.53. The molecule has 2 aromatic carbocycles. The molecule has 0 saturated heterocycles. The molecule has 5 nitrogen and oxygen atoms in total. The van der Waals surface area contributed by atoms with Crippen molar-refractivity contribution in [3.05, 3.63) is 101 Å². The number of rotatable bonds is 3. The van der Waals surface area contributed by atoms with Crippen LogP contribution in [0.2, 0.25) is 0 Å². The van der Waals surface area contributed by atoms with E-state index in [0.717, 1.165) is 11.1 Å². The van der Waals surface area contributed by atoms with Gasteiger partial charge in [-0.2, -0.15) is 0 Å². The number of amides is 1. The second-order valence-corrected chi connectivity index (χ2v) is 9.09. The fourth-order valence-corrected chi connectivity index (χ4v) is 6.31. The summed E-state index contributed by atoms with van der Waals surface area (Å²) in [7, 11) is 1.71. The van der Waals surface area contributed by atoms with E-state index in [1.165, 1.54) is 0 Å². The van der Waals surface area contributed by atoms with Crippen LogP contribution in [0.4, 0.5) is 5.82 Å². The Balaban J connectivity index is 1.59. The minimum atomic E-state index is -1.12. The smallest absolute Gasteiger partial charge is 0.240 e. The second kappa shape index (κ2) is 7.07. The number of likely N-dealkylation sites (N-methyl/N-ethyl adjacent to an activating group) is 1. The molecule has 1 amide bonds. The Hall–Kier alpha value is -3.86. The minimum Gasteiger partial charge on any atom is -0.299 e. The highest BCUT2D eigenvalue weighted by Crippen LogP contribution is 2.65. The number of benzene rings is 2. The maximum atomic E-state index is 14.0. The van der Waals surface area contributed by atoms with Crippen molar-refractivity contribution in [1.29, 1.82) is 0 Å². The first-order chi connectivity index (χ1) is 16.0. The van der Waals surface area contributed by atoms with Crippen LogP contribution in [-0.2, 0) is 15.0 Å². The Morgan fingerprint density at radius 1 is 1.00 bits per heavy atom. The quantitative estimate of drug-likeness (QED) is 0.460. The van der Waals surface area contributed by atoms with Crippen LogP contribution in [0.5, 0.6) is 0 Å². The molecule has 2 heterocycles. The van der Waals surface area contributed by atoms with Gasteiger partial charge in [0, 0.05) is 41.8 Å². The summed E-state index contributed by atoms with van der Waals surface area (Å²) in [6.07, 6.45) is 4.06. The van der Waals surface area contributed by atoms with Crippen molar-refractivity contribution < 1.29 is 14.4 Å². The van der Waals surface area contributed by atoms with Crippen molar-refractivity contribution in [2.75, 3.05) is 11.9 Å². The van der Waals surface area contributed by atoms with Gasteiger partial charge in [-0.3, -0.25) is 19.3 Å². The average molecular weight is 434 g/mol. The average Bonchev–Trinajstić information content (AvgIpc) is 3.44. The highest BCUT2D eigenvalue weighted by Gasteiger charge is 2.73. The van der Waals surface area contributed by atoms with Crippen molar-refractivity contribution in [2.24, 2.45) is 17.8 Å². The summed E-state index contributed by atoms with van der Waals surface area (Å²) in [6.45, 7) is 0. The van der Waals surface area contributed by atoms with E-state index in [2.05, 4.69) is 4.98 Å². The highest BCUT2D eigenvalue weighted by molar-refractivity contribution is 6.19. The number of hydrogen-bond donors (Lipinski definition) is 0. The van der Waals surface area contributed by atoms with Crippen molar-refractivity contribution in [2.45, 2.75) is 11.8 Å². The number of nitrogens with zero attached hydrogens (tertiary/aromatic N) is 2. The predicted octanol–water partition coefficient (Wildman–Crippen LogP) is 4.10. The van der Waals surface area contributed by atoms with E-state index >= 15 is 0 Å². The third-order valence-electron chi connectivity index (χ3n) is 7.60. The van der Waals surface area contributed by atoms with Gasteiger partial charge >= 0.3 is 0 Å². The number of carbonyl (C=O) groups excluding carboxylic acids is 3. The van der Waals surface area contributed by atoms with E-state index in [4.69, 9.17) is 0 Å². The van der Waals surface area contributed by atoms with Gasteiger partial charge in [-0.15, -0.1) is 0 Å². The fourth-order valence-electron chi connectivity index (χ4n) is 6.31. The summed E-state index contributed by atoms with van der Waals surface area (Å²) in [5.74, 6) is -1.37. The van der Waals surface area contributed by atoms with E-state index in [-0.39, 0.29) is 23.4 Å². The molecule has 0 N–H and O–H groups in total. The summed E-state index contributed by atoms with van der Waals surface area (Å²) in [5.41, 5.74) is 1.72. The molecule has 2 bridgehead atoms. The standard InChI is InChI=1S/C28H22N2O3/c1-30-26-21(13-8-14-29-26)28(27(30)33)22-16-20(23(28)24(31)18-11-6-3-7-12-18)25(32)19(22)15-17-9-4-2-5-10-17/h2-15,20,22-23H,16H2,1H3/b19-15+/t20-,22-,23-,28+/m0/s1. The number of Topliss-reactive ketones (excluding diaryl/α,β-unsaturated/α-hetero) is 2. The fraction of sp³-hybridized carbons (Fsp3) is 0.214. The maximum absolute atomic E-state index is 14.0. The van der Waals surface area contributed by atoms with Crippen LogP contribution in [0.3, 0.4) is 0 Å². The topological polar surface area (TPSA) is 67.3 Å². The Bertz CT molecular complexity index is 1330. The van der Waals surface area contributed by atoms with Gasteiger partial charge in [0.05, 0.1) is 11.3 Å². The number of hydrogen-bond acceptors (Lipinski definition) is 4. The molecule has 33 heavy (non-hydrogen) atoms. The molecule has 4 atom stereocenters. The van der Waals surface area contributed by atoms with Crippen molar-refractivity contribution >= 4 is 29.4 Å². The number of pyridine rings is 1. The van der Waals surface area contributed by atoms with Gasteiger partial charge in [0.2, 0.25) is 5.91 Å². The summed E-state index contributed by atoms with van der Waals surface area (Å²) in [5, 5.41) is 0. The number of ketones is 2. The van der Waals surface area contributed by atoms with Crippen LogP contribution >= 0.6 is 0 Å². The van der Waals surface area contributed by atoms with E-state index < -0.39 is 17.3 Å². The van der Waals surface area contributed by atoms with E-state index in [1.807, 2.05) is 66.7 Å². The van der Waals surface area contributed by atoms with Crippen LogP contribution < -0.4 is 4.90 Å². The normalized spacial score (nSPS) is 28.7. The lowest BCUT2D eigenvalue weighted by atomic mass is 9.59. The zero-order valence-corrected chi connectivity index (χ0v) is 18.1. The molecule has 3 aliphatic rings. The molecule has 2 fully saturated rings. The van der Waals surface area contributed by atoms with Gasteiger partial charge < -0.3 is 0 Å². The molecule has 1 aliphatic heterocycles. The molecular weight excluding hydrogens is 412 g/mol. The summed E-state index contributed by atoms with van der Waals surface area (Å²) >= 11 is 0. The van der Waals surface area contributed by atoms with Crippen LogP contribution in [0.15, 0.2) is 84.6 Å². The highest BCUT2D eigenvalue weighted by atomic mass is 16.2. The Morgan fingerprint density at radius 3 is 2.42 bits per heavy atom. The Labute approximate surface area is 191 Å². The number of fused-ring (bicyclic) bond motifs is 5. The summed E-state index contributed by atoms with van der Waals surface area (Å²) in [4.78, 5) is 47.6. The molecular formula is C28H22N2O3. The maximum Gasteiger partial charge on any atom is 0.240 e. The third-order valence-corrected chi connectivity index (χ3v) is 7.60. The molecule has 1 aromatic heterocycles. The van der Waals surface area contributed by atoms with E-state index in [1.54, 1.807) is 30.3 Å². The number of allylic oxidation sites excluding steroid dienone is 1. The van der Waals surface area contributed by atoms with Crippen LogP contribution in [0.25, 0.3) is 6.08 Å². The molecule has 6 rings (SSSR count). The first kappa shape index (κ1) is 19.8. The molecule has 5 heteroatoms. The van der Waals surface area contributed by atoms with Crippen LogP contribution in [-0.4, -0.2) is 29.5 Å². The van der Waals surface area contributed by atoms with Gasteiger partial charge in [0.15, 0.2) is 11.6 Å². The van der Waals surface area contributed by atoms with Crippen molar-refractivity contribution in [1.82, 2.24) is 4.98 Å². The first-order valence-corrected chi connectivity index (χ1v) is 11.2. The van der Waals surface area contributed by atoms with Crippen LogP contribution in [0, 0.1) is 17.8 Å². The van der Waals surface area contributed by atoms with Gasteiger partial charge in [-0.25, -0.2) is 4.98 Å². The first-order valence-electron chi connectivity index (χ1n) is 11.2. The minimum absolute atomic E-state index is 0.0171. The molecule has 1 spiro atoms. The number of aromatic nitrogens is 1. The monoisotopic (exact) mass is 434 g/mol. The van der Waals surface area contributed by atoms with E-state index in [0.29, 0.717) is 23.4 Å². The molecule has 2 saturated carbocycles. The zero-order valence-electron chi connectivity index (χ0n) is 18.1. The molecule has 2 aliphatic carbocycles.